The van der Waals surface area contributed by atoms with Gasteiger partial charge in [0.05, 0.1) is 11.9 Å². The molecule has 4 nitrogen and oxygen atoms in total. The predicted molar refractivity (Wildman–Crippen MR) is 91.0 cm³/mol. The molecule has 0 aliphatic rings. The predicted octanol–water partition coefficient (Wildman–Crippen LogP) is 4.16. The Labute approximate surface area is 130 Å². The van der Waals surface area contributed by atoms with Gasteiger partial charge in [-0.1, -0.05) is 30.7 Å². The zero-order valence-electron chi connectivity index (χ0n) is 13.0. The molecule has 0 unspecified atom stereocenters. The van der Waals surface area contributed by atoms with Crippen molar-refractivity contribution in [1.82, 2.24) is 14.6 Å². The van der Waals surface area contributed by atoms with Crippen molar-refractivity contribution < 1.29 is 0 Å². The Morgan fingerprint density at radius 1 is 1.23 bits per heavy atom. The Kier molecular flexibility index (Phi) is 4.19. The second-order valence-corrected chi connectivity index (χ2v) is 5.32. The van der Waals surface area contributed by atoms with Crippen LogP contribution in [0.5, 0.6) is 0 Å². The van der Waals surface area contributed by atoms with Crippen LogP contribution in [0.15, 0.2) is 60.4 Å². The van der Waals surface area contributed by atoms with E-state index < -0.39 is 0 Å². The summed E-state index contributed by atoms with van der Waals surface area (Å²) < 4.78 is 1.86. The Hall–Kier alpha value is -2.62. The molecule has 0 saturated carbocycles. The van der Waals surface area contributed by atoms with Crippen LogP contribution in [0.3, 0.4) is 0 Å². The van der Waals surface area contributed by atoms with Crippen molar-refractivity contribution in [2.45, 2.75) is 20.3 Å². The molecule has 0 amide bonds. The zero-order chi connectivity index (χ0) is 15.4. The van der Waals surface area contributed by atoms with Gasteiger partial charge in [0.2, 0.25) is 0 Å². The summed E-state index contributed by atoms with van der Waals surface area (Å²) in [5.74, 6) is 0. The van der Waals surface area contributed by atoms with Gasteiger partial charge in [0.25, 0.3) is 0 Å². The van der Waals surface area contributed by atoms with Crippen LogP contribution in [0.1, 0.15) is 20.3 Å². The molecule has 0 aliphatic carbocycles. The van der Waals surface area contributed by atoms with Crippen LogP contribution in [-0.2, 0) is 0 Å². The minimum absolute atomic E-state index is 0.859. The monoisotopic (exact) mass is 292 g/mol. The molecule has 0 atom stereocenters. The first-order valence-corrected chi connectivity index (χ1v) is 7.56. The average molecular weight is 292 g/mol. The number of anilines is 1. The molecule has 0 fully saturated rings. The first-order valence-electron chi connectivity index (χ1n) is 7.56. The summed E-state index contributed by atoms with van der Waals surface area (Å²) in [7, 11) is 0. The van der Waals surface area contributed by atoms with Gasteiger partial charge >= 0.3 is 0 Å². The van der Waals surface area contributed by atoms with E-state index in [1.807, 2.05) is 22.8 Å². The highest BCUT2D eigenvalue weighted by Crippen LogP contribution is 2.22. The van der Waals surface area contributed by atoms with E-state index in [4.69, 9.17) is 0 Å². The lowest BCUT2D eigenvalue weighted by molar-refractivity contribution is 0.948. The Morgan fingerprint density at radius 3 is 3.00 bits per heavy atom. The number of rotatable bonds is 5. The largest absolute Gasteiger partial charge is 0.381 e. The topological polar surface area (TPSA) is 42.2 Å². The van der Waals surface area contributed by atoms with Gasteiger partial charge in [0, 0.05) is 30.1 Å². The quantitative estimate of drug-likeness (QED) is 0.718. The molecule has 1 N–H and O–H groups in total. The summed E-state index contributed by atoms with van der Waals surface area (Å²) in [5.41, 5.74) is 5.49. The highest BCUT2D eigenvalue weighted by atomic mass is 15.2. The van der Waals surface area contributed by atoms with Crippen LogP contribution in [0.4, 0.5) is 5.69 Å². The van der Waals surface area contributed by atoms with E-state index >= 15 is 0 Å². The number of nitrogens with one attached hydrogen (secondary N) is 1. The fraction of sp³-hybridized carbons (Fsp3) is 0.222. The van der Waals surface area contributed by atoms with Crippen LogP contribution in [-0.4, -0.2) is 21.1 Å². The molecule has 3 aromatic rings. The zero-order valence-corrected chi connectivity index (χ0v) is 13.0. The highest BCUT2D eigenvalue weighted by Gasteiger charge is 2.05. The van der Waals surface area contributed by atoms with E-state index in [1.165, 1.54) is 5.57 Å². The summed E-state index contributed by atoms with van der Waals surface area (Å²) in [6.45, 7) is 5.17. The van der Waals surface area contributed by atoms with Gasteiger partial charge in [0.1, 0.15) is 0 Å². The van der Waals surface area contributed by atoms with E-state index in [0.29, 0.717) is 0 Å². The van der Waals surface area contributed by atoms with Gasteiger partial charge < -0.3 is 5.32 Å². The smallest absolute Gasteiger partial charge is 0.155 e. The van der Waals surface area contributed by atoms with E-state index in [-0.39, 0.29) is 0 Å². The third-order valence-electron chi connectivity index (χ3n) is 3.57. The number of fused-ring (bicyclic) bond motifs is 1. The van der Waals surface area contributed by atoms with Crippen LogP contribution < -0.4 is 5.32 Å². The summed E-state index contributed by atoms with van der Waals surface area (Å²) in [6, 6.07) is 12.3. The third kappa shape index (κ3) is 3.01. The minimum Gasteiger partial charge on any atom is -0.381 e. The van der Waals surface area contributed by atoms with Gasteiger partial charge in [-0.3, -0.25) is 0 Å². The first kappa shape index (κ1) is 14.3. The lowest BCUT2D eigenvalue weighted by Gasteiger charge is -2.10. The highest BCUT2D eigenvalue weighted by molar-refractivity contribution is 5.67. The minimum atomic E-state index is 0.859. The van der Waals surface area contributed by atoms with Crippen LogP contribution >= 0.6 is 0 Å². The van der Waals surface area contributed by atoms with E-state index in [9.17, 15) is 0 Å². The maximum Gasteiger partial charge on any atom is 0.155 e. The van der Waals surface area contributed by atoms with Crippen molar-refractivity contribution in [2.75, 3.05) is 11.9 Å². The molecular weight excluding hydrogens is 272 g/mol. The molecule has 3 rings (SSSR count). The van der Waals surface area contributed by atoms with Crippen LogP contribution in [0.2, 0.25) is 0 Å². The lowest BCUT2D eigenvalue weighted by Crippen LogP contribution is -2.03. The molecular formula is C18H20N4. The Morgan fingerprint density at radius 2 is 2.14 bits per heavy atom. The second kappa shape index (κ2) is 6.43. The molecule has 1 aromatic carbocycles. The molecule has 0 aliphatic heterocycles. The standard InChI is InChI=1S/C18H20N4/c1-3-5-14(2)13-20-16-7-4-6-15(12-16)17-8-10-19-18-9-11-21-22(17)18/h4-12,20H,3,13H2,1-2H3/b14-5+. The third-order valence-corrected chi connectivity index (χ3v) is 3.57. The van der Waals surface area contributed by atoms with E-state index in [2.05, 4.69) is 59.6 Å². The van der Waals surface area contributed by atoms with Gasteiger partial charge in [-0.25, -0.2) is 9.50 Å². The molecule has 22 heavy (non-hydrogen) atoms. The molecule has 2 heterocycles. The van der Waals surface area contributed by atoms with Crippen molar-refractivity contribution in [1.29, 1.82) is 0 Å². The maximum atomic E-state index is 4.35. The van der Waals surface area contributed by atoms with Crippen molar-refractivity contribution in [2.24, 2.45) is 0 Å². The summed E-state index contributed by atoms with van der Waals surface area (Å²) in [6.07, 6.45) is 6.91. The van der Waals surface area contributed by atoms with Crippen molar-refractivity contribution >= 4 is 11.3 Å². The number of hydrogen-bond donors (Lipinski definition) is 1. The Bertz CT molecular complexity index is 801. The molecule has 2 aromatic heterocycles. The second-order valence-electron chi connectivity index (χ2n) is 5.32. The van der Waals surface area contributed by atoms with E-state index in [1.54, 1.807) is 6.20 Å². The lowest BCUT2D eigenvalue weighted by atomic mass is 10.1. The number of benzene rings is 1. The molecule has 0 spiro atoms. The molecule has 0 radical (unpaired) electrons. The Balaban J connectivity index is 1.88. The van der Waals surface area contributed by atoms with Gasteiger partial charge in [-0.15, -0.1) is 0 Å². The SMILES string of the molecule is CC/C=C(\C)CNc1cccc(-c2ccnc3ccnn23)c1. The first-order chi connectivity index (χ1) is 10.8. The van der Waals surface area contributed by atoms with Crippen molar-refractivity contribution in [3.63, 3.8) is 0 Å². The fourth-order valence-corrected chi connectivity index (χ4v) is 2.50. The van der Waals surface area contributed by atoms with Gasteiger partial charge in [-0.2, -0.15) is 5.10 Å². The van der Waals surface area contributed by atoms with Crippen LogP contribution in [0.25, 0.3) is 16.9 Å². The van der Waals surface area contributed by atoms with Gasteiger partial charge in [0.15, 0.2) is 5.65 Å². The van der Waals surface area contributed by atoms with E-state index in [0.717, 1.165) is 35.6 Å². The molecule has 112 valence electrons. The number of aromatic nitrogens is 3. The average Bonchev–Trinajstić information content (AvgIpc) is 3.02. The van der Waals surface area contributed by atoms with Gasteiger partial charge in [-0.05, 0) is 31.5 Å². The van der Waals surface area contributed by atoms with Crippen molar-refractivity contribution in [3.05, 3.63) is 60.4 Å². The summed E-state index contributed by atoms with van der Waals surface area (Å²) in [5, 5.41) is 7.82. The molecule has 4 heteroatoms. The van der Waals surface area contributed by atoms with Crippen LogP contribution in [0, 0.1) is 0 Å². The normalized spacial score (nSPS) is 11.8. The maximum absolute atomic E-state index is 4.35. The number of hydrogen-bond acceptors (Lipinski definition) is 3. The fourth-order valence-electron chi connectivity index (χ4n) is 2.50. The number of allylic oxidation sites excluding steroid dienone is 1. The summed E-state index contributed by atoms with van der Waals surface area (Å²) >= 11 is 0. The van der Waals surface area contributed by atoms with Crippen molar-refractivity contribution in [3.8, 4) is 11.3 Å². The number of nitrogens with zero attached hydrogens (tertiary/aromatic N) is 3. The summed E-state index contributed by atoms with van der Waals surface area (Å²) in [4.78, 5) is 4.31. The molecule has 0 bridgehead atoms. The molecule has 0 saturated heterocycles.